The lowest BCUT2D eigenvalue weighted by molar-refractivity contribution is 0.0937. The minimum Gasteiger partial charge on any atom is -0.349 e. The molecule has 1 fully saturated rings. The van der Waals surface area contributed by atoms with Crippen molar-refractivity contribution in [3.05, 3.63) is 57.8 Å². The summed E-state index contributed by atoms with van der Waals surface area (Å²) in [4.78, 5) is 28.7. The number of nitrogens with one attached hydrogen (secondary N) is 2. The summed E-state index contributed by atoms with van der Waals surface area (Å²) in [6, 6.07) is 6.55. The second kappa shape index (κ2) is 7.85. The first-order valence-corrected chi connectivity index (χ1v) is 8.81. The van der Waals surface area contributed by atoms with E-state index in [1.807, 2.05) is 0 Å². The monoisotopic (exact) mass is 377 g/mol. The van der Waals surface area contributed by atoms with Gasteiger partial charge in [0.15, 0.2) is 0 Å². The summed E-state index contributed by atoms with van der Waals surface area (Å²) in [5, 5.41) is 6.45. The van der Waals surface area contributed by atoms with Crippen LogP contribution < -0.4 is 10.6 Å². The predicted molar refractivity (Wildman–Crippen MR) is 98.4 cm³/mol. The van der Waals surface area contributed by atoms with Crippen molar-refractivity contribution in [2.24, 2.45) is 0 Å². The lowest BCUT2D eigenvalue weighted by atomic mass is 10.1. The Labute approximate surface area is 155 Å². The van der Waals surface area contributed by atoms with Gasteiger partial charge in [-0.25, -0.2) is 0 Å². The van der Waals surface area contributed by atoms with Gasteiger partial charge in [-0.2, -0.15) is 0 Å². The Bertz CT molecular complexity index is 805. The van der Waals surface area contributed by atoms with Gasteiger partial charge in [0, 0.05) is 24.1 Å². The van der Waals surface area contributed by atoms with E-state index in [2.05, 4.69) is 15.6 Å². The van der Waals surface area contributed by atoms with Crippen LogP contribution in [0.5, 0.6) is 0 Å². The fourth-order valence-corrected chi connectivity index (χ4v) is 3.10. The SMILES string of the molecule is O=C(Nc1ccc(Cl)c(Cl)c1)c1cncc(C(=O)NC2CCCC2)c1. The molecule has 7 heteroatoms. The first-order chi connectivity index (χ1) is 12.0. The molecule has 0 atom stereocenters. The van der Waals surface area contributed by atoms with Gasteiger partial charge in [0.1, 0.15) is 0 Å². The zero-order valence-corrected chi connectivity index (χ0v) is 14.9. The van der Waals surface area contributed by atoms with E-state index in [0.29, 0.717) is 26.9 Å². The summed E-state index contributed by atoms with van der Waals surface area (Å²) in [5.74, 6) is -0.579. The molecule has 2 aromatic rings. The molecule has 1 heterocycles. The number of pyridine rings is 1. The molecular formula is C18H17Cl2N3O2. The number of halogens is 2. The fourth-order valence-electron chi connectivity index (χ4n) is 2.80. The van der Waals surface area contributed by atoms with Crippen LogP contribution in [0, 0.1) is 0 Å². The Kier molecular flexibility index (Phi) is 5.56. The van der Waals surface area contributed by atoms with Crippen molar-refractivity contribution in [3.63, 3.8) is 0 Å². The van der Waals surface area contributed by atoms with Crippen LogP contribution in [0.2, 0.25) is 10.0 Å². The maximum absolute atomic E-state index is 12.4. The molecule has 0 bridgehead atoms. The standard InChI is InChI=1S/C18H17Cl2N3O2/c19-15-6-5-14(8-16(15)20)23-18(25)12-7-11(9-21-10-12)17(24)22-13-3-1-2-4-13/h5-10,13H,1-4H2,(H,22,24)(H,23,25). The summed E-state index contributed by atoms with van der Waals surface area (Å²) in [7, 11) is 0. The molecule has 2 amide bonds. The Morgan fingerprint density at radius 3 is 2.32 bits per heavy atom. The predicted octanol–water partition coefficient (Wildman–Crippen LogP) is 4.31. The highest BCUT2D eigenvalue weighted by atomic mass is 35.5. The maximum atomic E-state index is 12.4. The molecule has 0 aliphatic heterocycles. The molecule has 1 aliphatic rings. The van der Waals surface area contributed by atoms with Gasteiger partial charge in [0.05, 0.1) is 21.2 Å². The topological polar surface area (TPSA) is 71.1 Å². The molecule has 130 valence electrons. The molecule has 1 saturated carbocycles. The third-order valence-electron chi connectivity index (χ3n) is 4.13. The molecule has 25 heavy (non-hydrogen) atoms. The summed E-state index contributed by atoms with van der Waals surface area (Å²) in [6.45, 7) is 0. The van der Waals surface area contributed by atoms with E-state index in [4.69, 9.17) is 23.2 Å². The van der Waals surface area contributed by atoms with E-state index < -0.39 is 0 Å². The van der Waals surface area contributed by atoms with E-state index in [-0.39, 0.29) is 17.9 Å². The summed E-state index contributed by atoms with van der Waals surface area (Å²) < 4.78 is 0. The molecule has 1 aromatic heterocycles. The zero-order chi connectivity index (χ0) is 17.8. The van der Waals surface area contributed by atoms with Crippen LogP contribution in [-0.2, 0) is 0 Å². The van der Waals surface area contributed by atoms with Gasteiger partial charge in [-0.3, -0.25) is 14.6 Å². The lowest BCUT2D eigenvalue weighted by Crippen LogP contribution is -2.32. The van der Waals surface area contributed by atoms with E-state index in [1.165, 1.54) is 18.5 Å². The number of carbonyl (C=O) groups is 2. The second-order valence-electron chi connectivity index (χ2n) is 6.00. The smallest absolute Gasteiger partial charge is 0.257 e. The van der Waals surface area contributed by atoms with Gasteiger partial charge in [0.2, 0.25) is 0 Å². The Balaban J connectivity index is 1.70. The number of amides is 2. The minimum atomic E-state index is -0.374. The number of hydrogen-bond acceptors (Lipinski definition) is 3. The van der Waals surface area contributed by atoms with Crippen molar-refractivity contribution in [1.82, 2.24) is 10.3 Å². The highest BCUT2D eigenvalue weighted by Crippen LogP contribution is 2.25. The number of aromatic nitrogens is 1. The van der Waals surface area contributed by atoms with Crippen molar-refractivity contribution in [3.8, 4) is 0 Å². The van der Waals surface area contributed by atoms with Gasteiger partial charge >= 0.3 is 0 Å². The van der Waals surface area contributed by atoms with Crippen LogP contribution in [0.15, 0.2) is 36.7 Å². The average molecular weight is 378 g/mol. The Morgan fingerprint density at radius 1 is 0.960 bits per heavy atom. The van der Waals surface area contributed by atoms with E-state index in [0.717, 1.165) is 25.7 Å². The number of benzene rings is 1. The quantitative estimate of drug-likeness (QED) is 0.833. The first-order valence-electron chi connectivity index (χ1n) is 8.05. The summed E-state index contributed by atoms with van der Waals surface area (Å²) in [6.07, 6.45) is 7.14. The van der Waals surface area contributed by atoms with Crippen molar-refractivity contribution in [1.29, 1.82) is 0 Å². The largest absolute Gasteiger partial charge is 0.349 e. The van der Waals surface area contributed by atoms with Gasteiger partial charge < -0.3 is 10.6 Å². The number of hydrogen-bond donors (Lipinski definition) is 2. The van der Waals surface area contributed by atoms with Crippen LogP contribution >= 0.6 is 23.2 Å². The second-order valence-corrected chi connectivity index (χ2v) is 6.81. The molecule has 1 aromatic carbocycles. The highest BCUT2D eigenvalue weighted by Gasteiger charge is 2.19. The van der Waals surface area contributed by atoms with Gasteiger partial charge in [-0.1, -0.05) is 36.0 Å². The number of anilines is 1. The van der Waals surface area contributed by atoms with Gasteiger partial charge in [-0.15, -0.1) is 0 Å². The lowest BCUT2D eigenvalue weighted by Gasteiger charge is -2.12. The third kappa shape index (κ3) is 4.50. The first kappa shape index (κ1) is 17.7. The zero-order valence-electron chi connectivity index (χ0n) is 13.4. The molecule has 5 nitrogen and oxygen atoms in total. The minimum absolute atomic E-state index is 0.205. The summed E-state index contributed by atoms with van der Waals surface area (Å²) in [5.41, 5.74) is 1.18. The number of nitrogens with zero attached hydrogens (tertiary/aromatic N) is 1. The Hall–Kier alpha value is -2.11. The van der Waals surface area contributed by atoms with E-state index >= 15 is 0 Å². The van der Waals surface area contributed by atoms with Crippen LogP contribution in [0.25, 0.3) is 0 Å². The molecule has 0 saturated heterocycles. The van der Waals surface area contributed by atoms with Crippen LogP contribution in [0.3, 0.4) is 0 Å². The Morgan fingerprint density at radius 2 is 1.64 bits per heavy atom. The molecular weight excluding hydrogens is 361 g/mol. The number of rotatable bonds is 4. The van der Waals surface area contributed by atoms with Crippen molar-refractivity contribution in [2.75, 3.05) is 5.32 Å². The molecule has 0 spiro atoms. The normalized spacial score (nSPS) is 14.3. The number of carbonyl (C=O) groups excluding carboxylic acids is 2. The van der Waals surface area contributed by atoms with Gasteiger partial charge in [-0.05, 0) is 37.1 Å². The molecule has 1 aliphatic carbocycles. The fraction of sp³-hybridized carbons (Fsp3) is 0.278. The molecule has 2 N–H and O–H groups in total. The molecule has 3 rings (SSSR count). The van der Waals surface area contributed by atoms with Crippen molar-refractivity contribution in [2.45, 2.75) is 31.7 Å². The van der Waals surface area contributed by atoms with Crippen LogP contribution in [-0.4, -0.2) is 22.8 Å². The molecule has 0 radical (unpaired) electrons. The van der Waals surface area contributed by atoms with Crippen LogP contribution in [0.1, 0.15) is 46.4 Å². The highest BCUT2D eigenvalue weighted by molar-refractivity contribution is 6.42. The van der Waals surface area contributed by atoms with E-state index in [9.17, 15) is 9.59 Å². The summed E-state index contributed by atoms with van der Waals surface area (Å²) >= 11 is 11.8. The van der Waals surface area contributed by atoms with Crippen molar-refractivity contribution < 1.29 is 9.59 Å². The third-order valence-corrected chi connectivity index (χ3v) is 4.87. The van der Waals surface area contributed by atoms with Gasteiger partial charge in [0.25, 0.3) is 11.8 Å². The maximum Gasteiger partial charge on any atom is 0.257 e. The van der Waals surface area contributed by atoms with Crippen molar-refractivity contribution >= 4 is 40.7 Å². The average Bonchev–Trinajstić information content (AvgIpc) is 3.11. The van der Waals surface area contributed by atoms with E-state index in [1.54, 1.807) is 18.2 Å². The van der Waals surface area contributed by atoms with Crippen LogP contribution in [0.4, 0.5) is 5.69 Å². The molecule has 0 unspecified atom stereocenters.